The van der Waals surface area contributed by atoms with E-state index in [4.69, 9.17) is 11.6 Å². The zero-order valence-corrected chi connectivity index (χ0v) is 11.8. The molecule has 0 saturated carbocycles. The SMILES string of the molecule is CCc1c(C(C)=O)c(-c2cc(F)cc(Cl)c2)nn1C. The molecule has 0 aliphatic heterocycles. The van der Waals surface area contributed by atoms with Crippen LogP contribution in [-0.4, -0.2) is 15.6 Å². The second kappa shape index (κ2) is 5.13. The van der Waals surface area contributed by atoms with Gasteiger partial charge in [0.1, 0.15) is 11.5 Å². The van der Waals surface area contributed by atoms with Crippen molar-refractivity contribution in [3.8, 4) is 11.3 Å². The van der Waals surface area contributed by atoms with E-state index in [1.807, 2.05) is 6.92 Å². The summed E-state index contributed by atoms with van der Waals surface area (Å²) in [7, 11) is 1.77. The molecule has 0 unspecified atom stereocenters. The Labute approximate surface area is 116 Å². The molecule has 3 nitrogen and oxygen atoms in total. The lowest BCUT2D eigenvalue weighted by Crippen LogP contribution is -2.01. The molecule has 0 spiro atoms. The van der Waals surface area contributed by atoms with E-state index in [2.05, 4.69) is 5.10 Å². The molecular formula is C14H14ClFN2O. The summed E-state index contributed by atoms with van der Waals surface area (Å²) in [6, 6.07) is 4.17. The summed E-state index contributed by atoms with van der Waals surface area (Å²) in [5, 5.41) is 4.61. The van der Waals surface area contributed by atoms with E-state index in [1.54, 1.807) is 17.8 Å². The first-order valence-corrected chi connectivity index (χ1v) is 6.35. The van der Waals surface area contributed by atoms with E-state index < -0.39 is 5.82 Å². The minimum absolute atomic E-state index is 0.0830. The van der Waals surface area contributed by atoms with Crippen LogP contribution in [0.3, 0.4) is 0 Å². The van der Waals surface area contributed by atoms with Crippen LogP contribution < -0.4 is 0 Å². The minimum atomic E-state index is -0.444. The van der Waals surface area contributed by atoms with Crippen LogP contribution in [0.5, 0.6) is 0 Å². The number of benzene rings is 1. The highest BCUT2D eigenvalue weighted by atomic mass is 35.5. The van der Waals surface area contributed by atoms with Crippen LogP contribution >= 0.6 is 11.6 Å². The highest BCUT2D eigenvalue weighted by Crippen LogP contribution is 2.28. The number of carbonyl (C=O) groups is 1. The summed E-state index contributed by atoms with van der Waals surface area (Å²) in [4.78, 5) is 11.8. The topological polar surface area (TPSA) is 34.9 Å². The van der Waals surface area contributed by atoms with Crippen molar-refractivity contribution < 1.29 is 9.18 Å². The Kier molecular flexibility index (Phi) is 3.71. The molecule has 2 rings (SSSR count). The number of hydrogen-bond donors (Lipinski definition) is 0. The van der Waals surface area contributed by atoms with Gasteiger partial charge in [-0.05, 0) is 31.5 Å². The Balaban J connectivity index is 2.71. The number of aryl methyl sites for hydroxylation is 1. The first kappa shape index (κ1) is 13.7. The fourth-order valence-electron chi connectivity index (χ4n) is 2.23. The van der Waals surface area contributed by atoms with E-state index in [9.17, 15) is 9.18 Å². The number of aromatic nitrogens is 2. The summed E-state index contributed by atoms with van der Waals surface area (Å²) in [5.74, 6) is -0.527. The predicted molar refractivity (Wildman–Crippen MR) is 73.0 cm³/mol. The number of carbonyl (C=O) groups excluding carboxylic acids is 1. The smallest absolute Gasteiger partial charge is 0.163 e. The van der Waals surface area contributed by atoms with Gasteiger partial charge in [0.25, 0.3) is 0 Å². The molecule has 0 radical (unpaired) electrons. The number of rotatable bonds is 3. The molecule has 0 atom stereocenters. The van der Waals surface area contributed by atoms with Crippen LogP contribution in [0.2, 0.25) is 5.02 Å². The van der Waals surface area contributed by atoms with Crippen LogP contribution in [0.4, 0.5) is 4.39 Å². The Hall–Kier alpha value is -1.68. The first-order chi connectivity index (χ1) is 8.93. The summed E-state index contributed by atoms with van der Waals surface area (Å²) in [5.41, 5.74) is 2.37. The van der Waals surface area contributed by atoms with Gasteiger partial charge in [0.2, 0.25) is 0 Å². The van der Waals surface area contributed by atoms with Crippen molar-refractivity contribution in [1.82, 2.24) is 9.78 Å². The maximum atomic E-state index is 13.4. The Morgan fingerprint density at radius 1 is 1.42 bits per heavy atom. The molecule has 5 heteroatoms. The third kappa shape index (κ3) is 2.54. The lowest BCUT2D eigenvalue weighted by atomic mass is 10.0. The Morgan fingerprint density at radius 2 is 2.11 bits per heavy atom. The van der Waals surface area contributed by atoms with Crippen LogP contribution in [0.25, 0.3) is 11.3 Å². The molecule has 1 aromatic carbocycles. The molecule has 1 heterocycles. The molecule has 100 valence electrons. The Bertz CT molecular complexity index is 629. The molecule has 0 fully saturated rings. The fourth-order valence-corrected chi connectivity index (χ4v) is 2.45. The van der Waals surface area contributed by atoms with Crippen molar-refractivity contribution in [3.63, 3.8) is 0 Å². The Morgan fingerprint density at radius 3 is 2.63 bits per heavy atom. The average Bonchev–Trinajstić information content (AvgIpc) is 2.64. The lowest BCUT2D eigenvalue weighted by Gasteiger charge is -2.02. The second-order valence-electron chi connectivity index (χ2n) is 4.36. The van der Waals surface area contributed by atoms with Crippen molar-refractivity contribution in [2.45, 2.75) is 20.3 Å². The van der Waals surface area contributed by atoms with Gasteiger partial charge < -0.3 is 0 Å². The largest absolute Gasteiger partial charge is 0.294 e. The first-order valence-electron chi connectivity index (χ1n) is 5.97. The van der Waals surface area contributed by atoms with Crippen LogP contribution in [0, 0.1) is 5.82 Å². The molecule has 0 N–H and O–H groups in total. The van der Waals surface area contributed by atoms with Gasteiger partial charge in [-0.2, -0.15) is 5.10 Å². The quantitative estimate of drug-likeness (QED) is 0.805. The molecule has 0 amide bonds. The number of nitrogens with zero attached hydrogens (tertiary/aromatic N) is 2. The second-order valence-corrected chi connectivity index (χ2v) is 4.80. The lowest BCUT2D eigenvalue weighted by molar-refractivity contribution is 0.101. The molecule has 0 saturated heterocycles. The summed E-state index contributed by atoms with van der Waals surface area (Å²) < 4.78 is 15.1. The van der Waals surface area contributed by atoms with Gasteiger partial charge in [0.05, 0.1) is 5.56 Å². The fraction of sp³-hybridized carbons (Fsp3) is 0.286. The van der Waals surface area contributed by atoms with Gasteiger partial charge >= 0.3 is 0 Å². The van der Waals surface area contributed by atoms with Crippen molar-refractivity contribution in [1.29, 1.82) is 0 Å². The minimum Gasteiger partial charge on any atom is -0.294 e. The number of ketones is 1. The maximum Gasteiger partial charge on any atom is 0.163 e. The van der Waals surface area contributed by atoms with Gasteiger partial charge in [0, 0.05) is 23.3 Å². The van der Waals surface area contributed by atoms with Gasteiger partial charge in [-0.25, -0.2) is 4.39 Å². The highest BCUT2D eigenvalue weighted by molar-refractivity contribution is 6.30. The number of Topliss-reactive ketones (excluding diaryl/α,β-unsaturated/α-hetero) is 1. The van der Waals surface area contributed by atoms with Gasteiger partial charge in [0.15, 0.2) is 5.78 Å². The molecular weight excluding hydrogens is 267 g/mol. The molecule has 0 aliphatic rings. The van der Waals surface area contributed by atoms with Gasteiger partial charge in [-0.3, -0.25) is 9.48 Å². The highest BCUT2D eigenvalue weighted by Gasteiger charge is 2.20. The van der Waals surface area contributed by atoms with E-state index in [-0.39, 0.29) is 10.8 Å². The van der Waals surface area contributed by atoms with Crippen molar-refractivity contribution >= 4 is 17.4 Å². The molecule has 1 aromatic heterocycles. The van der Waals surface area contributed by atoms with Crippen LogP contribution in [0.1, 0.15) is 29.9 Å². The molecule has 0 aliphatic carbocycles. The van der Waals surface area contributed by atoms with Crippen LogP contribution in [-0.2, 0) is 13.5 Å². The maximum absolute atomic E-state index is 13.4. The summed E-state index contributed by atoms with van der Waals surface area (Å²) >= 11 is 5.85. The normalized spacial score (nSPS) is 10.8. The standard InChI is InChI=1S/C14H14ClFN2O/c1-4-12-13(8(2)19)14(17-18(12)3)9-5-10(15)7-11(16)6-9/h5-7H,4H2,1-3H3. The van der Waals surface area contributed by atoms with E-state index >= 15 is 0 Å². The summed E-state index contributed by atoms with van der Waals surface area (Å²) in [6.07, 6.45) is 0.682. The monoisotopic (exact) mass is 280 g/mol. The zero-order chi connectivity index (χ0) is 14.2. The molecule has 19 heavy (non-hydrogen) atoms. The van der Waals surface area contributed by atoms with Gasteiger partial charge in [-0.1, -0.05) is 18.5 Å². The summed E-state index contributed by atoms with van der Waals surface area (Å²) in [6.45, 7) is 3.44. The van der Waals surface area contributed by atoms with E-state index in [0.29, 0.717) is 23.2 Å². The van der Waals surface area contributed by atoms with E-state index in [1.165, 1.54) is 19.1 Å². The van der Waals surface area contributed by atoms with E-state index in [0.717, 1.165) is 5.69 Å². The van der Waals surface area contributed by atoms with Crippen LogP contribution in [0.15, 0.2) is 18.2 Å². The van der Waals surface area contributed by atoms with Crippen molar-refractivity contribution in [3.05, 3.63) is 40.3 Å². The number of halogens is 2. The molecule has 2 aromatic rings. The van der Waals surface area contributed by atoms with Crippen molar-refractivity contribution in [2.75, 3.05) is 0 Å². The zero-order valence-electron chi connectivity index (χ0n) is 11.0. The molecule has 0 bridgehead atoms. The average molecular weight is 281 g/mol. The predicted octanol–water partition coefficient (Wildman–Crippen LogP) is 3.64. The third-order valence-electron chi connectivity index (χ3n) is 2.99. The van der Waals surface area contributed by atoms with Crippen molar-refractivity contribution in [2.24, 2.45) is 7.05 Å². The van der Waals surface area contributed by atoms with Gasteiger partial charge in [-0.15, -0.1) is 0 Å². The number of hydrogen-bond acceptors (Lipinski definition) is 2. The third-order valence-corrected chi connectivity index (χ3v) is 3.21.